The second-order valence-electron chi connectivity index (χ2n) is 5.01. The maximum absolute atomic E-state index is 14.0. The standard InChI is InChI=1S/C14H17F2N3/c1-7(2)12-13(18-19(4)14(12)17)9-5-8(3)10(15)6-11(9)16/h5-7H,17H2,1-4H3. The molecule has 0 atom stereocenters. The van der Waals surface area contributed by atoms with E-state index in [1.54, 1.807) is 14.0 Å². The van der Waals surface area contributed by atoms with Crippen molar-refractivity contribution in [1.82, 2.24) is 9.78 Å². The second kappa shape index (κ2) is 4.64. The van der Waals surface area contributed by atoms with Crippen molar-refractivity contribution in [3.8, 4) is 11.3 Å². The number of hydrogen-bond acceptors (Lipinski definition) is 2. The first-order valence-electron chi connectivity index (χ1n) is 6.11. The Morgan fingerprint density at radius 2 is 1.84 bits per heavy atom. The van der Waals surface area contributed by atoms with Crippen LogP contribution in [0.4, 0.5) is 14.6 Å². The van der Waals surface area contributed by atoms with Crippen LogP contribution in [0, 0.1) is 18.6 Å². The van der Waals surface area contributed by atoms with Gasteiger partial charge in [-0.2, -0.15) is 5.10 Å². The fourth-order valence-electron chi connectivity index (χ4n) is 2.16. The van der Waals surface area contributed by atoms with Crippen LogP contribution in [-0.4, -0.2) is 9.78 Å². The summed E-state index contributed by atoms with van der Waals surface area (Å²) in [6.07, 6.45) is 0. The van der Waals surface area contributed by atoms with Crippen molar-refractivity contribution < 1.29 is 8.78 Å². The van der Waals surface area contributed by atoms with E-state index in [-0.39, 0.29) is 11.5 Å². The van der Waals surface area contributed by atoms with Crippen LogP contribution in [0.5, 0.6) is 0 Å². The van der Waals surface area contributed by atoms with Gasteiger partial charge in [0, 0.05) is 24.2 Å². The molecule has 0 saturated carbocycles. The summed E-state index contributed by atoms with van der Waals surface area (Å²) in [7, 11) is 1.71. The van der Waals surface area contributed by atoms with Crippen LogP contribution in [0.3, 0.4) is 0 Å². The first kappa shape index (κ1) is 13.5. The van der Waals surface area contributed by atoms with E-state index in [4.69, 9.17) is 5.73 Å². The molecule has 102 valence electrons. The number of rotatable bonds is 2. The summed E-state index contributed by atoms with van der Waals surface area (Å²) in [5.41, 5.74) is 7.90. The molecule has 2 rings (SSSR count). The van der Waals surface area contributed by atoms with E-state index in [1.165, 1.54) is 10.7 Å². The van der Waals surface area contributed by atoms with E-state index in [0.29, 0.717) is 17.1 Å². The molecule has 2 aromatic rings. The predicted octanol–water partition coefficient (Wildman–Crippen LogP) is 3.38. The van der Waals surface area contributed by atoms with Crippen molar-refractivity contribution in [3.05, 3.63) is 34.9 Å². The molecule has 1 aromatic heterocycles. The van der Waals surface area contributed by atoms with E-state index < -0.39 is 11.6 Å². The van der Waals surface area contributed by atoms with Gasteiger partial charge in [0.05, 0.1) is 0 Å². The molecule has 0 aliphatic heterocycles. The highest BCUT2D eigenvalue weighted by atomic mass is 19.1. The maximum atomic E-state index is 14.0. The molecule has 0 bridgehead atoms. The summed E-state index contributed by atoms with van der Waals surface area (Å²) in [5.74, 6) is -0.570. The minimum Gasteiger partial charge on any atom is -0.384 e. The fraction of sp³-hybridized carbons (Fsp3) is 0.357. The molecule has 3 nitrogen and oxygen atoms in total. The minimum atomic E-state index is -0.622. The topological polar surface area (TPSA) is 43.8 Å². The predicted molar refractivity (Wildman–Crippen MR) is 71.8 cm³/mol. The van der Waals surface area contributed by atoms with Crippen LogP contribution in [0.25, 0.3) is 11.3 Å². The van der Waals surface area contributed by atoms with Crippen LogP contribution >= 0.6 is 0 Å². The maximum Gasteiger partial charge on any atom is 0.135 e. The van der Waals surface area contributed by atoms with Crippen molar-refractivity contribution in [2.75, 3.05) is 5.73 Å². The molecule has 0 radical (unpaired) electrons. The summed E-state index contributed by atoms with van der Waals surface area (Å²) < 4.78 is 28.8. The zero-order valence-corrected chi connectivity index (χ0v) is 11.5. The third kappa shape index (κ3) is 2.20. The highest BCUT2D eigenvalue weighted by molar-refractivity contribution is 5.70. The number of hydrogen-bond donors (Lipinski definition) is 1. The molecule has 5 heteroatoms. The largest absolute Gasteiger partial charge is 0.384 e. The molecule has 2 N–H and O–H groups in total. The molecule has 1 heterocycles. The van der Waals surface area contributed by atoms with Gasteiger partial charge in [-0.05, 0) is 24.5 Å². The number of benzene rings is 1. The van der Waals surface area contributed by atoms with Gasteiger partial charge in [-0.1, -0.05) is 13.8 Å². The van der Waals surface area contributed by atoms with Gasteiger partial charge in [-0.25, -0.2) is 8.78 Å². The highest BCUT2D eigenvalue weighted by Gasteiger charge is 2.21. The SMILES string of the molecule is Cc1cc(-c2nn(C)c(N)c2C(C)C)c(F)cc1F. The van der Waals surface area contributed by atoms with Gasteiger partial charge in [-0.15, -0.1) is 0 Å². The van der Waals surface area contributed by atoms with E-state index in [9.17, 15) is 8.78 Å². The monoisotopic (exact) mass is 265 g/mol. The van der Waals surface area contributed by atoms with Crippen molar-refractivity contribution in [2.45, 2.75) is 26.7 Å². The van der Waals surface area contributed by atoms with Crippen LogP contribution in [0.15, 0.2) is 12.1 Å². The number of aromatic nitrogens is 2. The van der Waals surface area contributed by atoms with E-state index in [0.717, 1.165) is 11.6 Å². The van der Waals surface area contributed by atoms with Crippen molar-refractivity contribution in [3.63, 3.8) is 0 Å². The number of halogens is 2. The van der Waals surface area contributed by atoms with Crippen LogP contribution in [0.2, 0.25) is 0 Å². The lowest BCUT2D eigenvalue weighted by Crippen LogP contribution is -2.00. The molecule has 0 saturated heterocycles. The zero-order valence-electron chi connectivity index (χ0n) is 11.5. The molecule has 0 aliphatic rings. The second-order valence-corrected chi connectivity index (χ2v) is 5.01. The van der Waals surface area contributed by atoms with Crippen LogP contribution in [0.1, 0.15) is 30.9 Å². The zero-order chi connectivity index (χ0) is 14.3. The number of aryl methyl sites for hydroxylation is 2. The fourth-order valence-corrected chi connectivity index (χ4v) is 2.16. The molecule has 0 fully saturated rings. The van der Waals surface area contributed by atoms with Gasteiger partial charge in [-0.3, -0.25) is 4.68 Å². The normalized spacial score (nSPS) is 11.3. The summed E-state index contributed by atoms with van der Waals surface area (Å²) in [6, 6.07) is 2.36. The Morgan fingerprint density at radius 3 is 2.42 bits per heavy atom. The lowest BCUT2D eigenvalue weighted by molar-refractivity contribution is 0.579. The van der Waals surface area contributed by atoms with Gasteiger partial charge in [0.25, 0.3) is 0 Å². The van der Waals surface area contributed by atoms with Gasteiger partial charge in [0.15, 0.2) is 0 Å². The highest BCUT2D eigenvalue weighted by Crippen LogP contribution is 2.34. The summed E-state index contributed by atoms with van der Waals surface area (Å²) in [5, 5.41) is 4.26. The van der Waals surface area contributed by atoms with Gasteiger partial charge < -0.3 is 5.73 Å². The summed E-state index contributed by atoms with van der Waals surface area (Å²) in [6.45, 7) is 5.52. The van der Waals surface area contributed by atoms with Crippen molar-refractivity contribution >= 4 is 5.82 Å². The molecule has 1 aromatic carbocycles. The van der Waals surface area contributed by atoms with Crippen LogP contribution in [-0.2, 0) is 7.05 Å². The Morgan fingerprint density at radius 1 is 1.21 bits per heavy atom. The van der Waals surface area contributed by atoms with Crippen molar-refractivity contribution in [2.24, 2.45) is 7.05 Å². The number of nitrogens with two attached hydrogens (primary N) is 1. The summed E-state index contributed by atoms with van der Waals surface area (Å²) in [4.78, 5) is 0. The number of nitrogen functional groups attached to an aromatic ring is 1. The first-order valence-corrected chi connectivity index (χ1v) is 6.11. The Bertz CT molecular complexity index is 630. The molecule has 0 amide bonds. The number of nitrogens with zero attached hydrogens (tertiary/aromatic N) is 2. The van der Waals surface area contributed by atoms with E-state index in [1.807, 2.05) is 13.8 Å². The Hall–Kier alpha value is -1.91. The molecule has 19 heavy (non-hydrogen) atoms. The average molecular weight is 265 g/mol. The van der Waals surface area contributed by atoms with Gasteiger partial charge in [0.1, 0.15) is 23.1 Å². The van der Waals surface area contributed by atoms with E-state index in [2.05, 4.69) is 5.10 Å². The first-order chi connectivity index (χ1) is 8.82. The lowest BCUT2D eigenvalue weighted by atomic mass is 9.97. The van der Waals surface area contributed by atoms with Gasteiger partial charge >= 0.3 is 0 Å². The number of anilines is 1. The summed E-state index contributed by atoms with van der Waals surface area (Å²) >= 11 is 0. The average Bonchev–Trinajstić information content (AvgIpc) is 2.60. The smallest absolute Gasteiger partial charge is 0.135 e. The molecule has 0 unspecified atom stereocenters. The minimum absolute atomic E-state index is 0.105. The van der Waals surface area contributed by atoms with Crippen LogP contribution < -0.4 is 5.73 Å². The molecule has 0 spiro atoms. The molecular weight excluding hydrogens is 248 g/mol. The Labute approximate surface area is 111 Å². The van der Waals surface area contributed by atoms with Gasteiger partial charge in [0.2, 0.25) is 0 Å². The third-order valence-electron chi connectivity index (χ3n) is 3.21. The lowest BCUT2D eigenvalue weighted by Gasteiger charge is -2.09. The van der Waals surface area contributed by atoms with Crippen molar-refractivity contribution in [1.29, 1.82) is 0 Å². The Balaban J connectivity index is 2.72. The quantitative estimate of drug-likeness (QED) is 0.904. The molecular formula is C14H17F2N3. The third-order valence-corrected chi connectivity index (χ3v) is 3.21. The van der Waals surface area contributed by atoms with E-state index >= 15 is 0 Å². The molecule has 0 aliphatic carbocycles. The Kier molecular flexibility index (Phi) is 3.30.